The van der Waals surface area contributed by atoms with Gasteiger partial charge in [0.25, 0.3) is 0 Å². The number of nitrogens with zero attached hydrogens (tertiary/aromatic N) is 4. The number of alkyl halides is 3. The molecule has 2 heterocycles. The predicted octanol–water partition coefficient (Wildman–Crippen LogP) is 5.16. The van der Waals surface area contributed by atoms with Crippen molar-refractivity contribution in [3.63, 3.8) is 0 Å². The van der Waals surface area contributed by atoms with Crippen molar-refractivity contribution in [1.29, 1.82) is 0 Å². The Bertz CT molecular complexity index is 1170. The Morgan fingerprint density at radius 1 is 1.12 bits per heavy atom. The van der Waals surface area contributed by atoms with Crippen LogP contribution in [0.5, 0.6) is 0 Å². The maximum Gasteiger partial charge on any atom is 0.416 e. The van der Waals surface area contributed by atoms with Crippen molar-refractivity contribution in [2.75, 3.05) is 11.5 Å². The lowest BCUT2D eigenvalue weighted by atomic mass is 10.2. The number of halogens is 3. The lowest BCUT2D eigenvalue weighted by Crippen LogP contribution is -2.09. The summed E-state index contributed by atoms with van der Waals surface area (Å²) in [4.78, 5) is 5.34. The summed E-state index contributed by atoms with van der Waals surface area (Å²) in [5.41, 5.74) is 6.54. The van der Waals surface area contributed by atoms with E-state index in [9.17, 15) is 17.4 Å². The predicted molar refractivity (Wildman–Crippen MR) is 122 cm³/mol. The van der Waals surface area contributed by atoms with Gasteiger partial charge in [-0.2, -0.15) is 13.2 Å². The van der Waals surface area contributed by atoms with E-state index in [0.717, 1.165) is 23.2 Å². The van der Waals surface area contributed by atoms with Crippen LogP contribution in [0, 0.1) is 0 Å². The molecule has 3 aromatic rings. The second-order valence-electron chi connectivity index (χ2n) is 8.07. The summed E-state index contributed by atoms with van der Waals surface area (Å²) in [6.45, 7) is 7.94. The Hall–Kier alpha value is -2.40. The normalized spacial score (nSPS) is 13.4. The monoisotopic (exact) mass is 483 g/mol. The van der Waals surface area contributed by atoms with Crippen LogP contribution in [0.1, 0.15) is 33.3 Å². The van der Waals surface area contributed by atoms with Gasteiger partial charge in [0.05, 0.1) is 21.3 Å². The SMILES string of the molecule is CCS(=O)c1cc(N)c(SC(C)(C)C)cc1-c1nnc(-c2cc(C(F)(F)F)ccn2)n1C. The van der Waals surface area contributed by atoms with Crippen LogP contribution in [0.2, 0.25) is 0 Å². The number of nitrogens with two attached hydrogens (primary N) is 1. The van der Waals surface area contributed by atoms with Gasteiger partial charge in [0.15, 0.2) is 11.6 Å². The Labute approximate surface area is 191 Å². The van der Waals surface area contributed by atoms with Gasteiger partial charge >= 0.3 is 6.18 Å². The van der Waals surface area contributed by atoms with Crippen LogP contribution in [0.15, 0.2) is 40.3 Å². The molecule has 6 nitrogen and oxygen atoms in total. The van der Waals surface area contributed by atoms with Gasteiger partial charge < -0.3 is 10.3 Å². The van der Waals surface area contributed by atoms with Gasteiger partial charge in [-0.3, -0.25) is 9.19 Å². The zero-order chi connectivity index (χ0) is 23.8. The molecule has 2 aromatic heterocycles. The first-order valence-corrected chi connectivity index (χ1v) is 11.9. The Kier molecular flexibility index (Phi) is 6.71. The van der Waals surface area contributed by atoms with Crippen molar-refractivity contribution in [3.05, 3.63) is 36.0 Å². The van der Waals surface area contributed by atoms with Crippen molar-refractivity contribution in [1.82, 2.24) is 19.7 Å². The van der Waals surface area contributed by atoms with Crippen LogP contribution in [-0.2, 0) is 24.0 Å². The minimum Gasteiger partial charge on any atom is -0.398 e. The number of pyridine rings is 1. The summed E-state index contributed by atoms with van der Waals surface area (Å²) < 4.78 is 53.6. The first-order chi connectivity index (χ1) is 14.8. The summed E-state index contributed by atoms with van der Waals surface area (Å²) in [5, 5.41) is 8.29. The molecule has 0 bridgehead atoms. The molecule has 32 heavy (non-hydrogen) atoms. The van der Waals surface area contributed by atoms with Crippen LogP contribution >= 0.6 is 11.8 Å². The van der Waals surface area contributed by atoms with E-state index in [2.05, 4.69) is 36.0 Å². The van der Waals surface area contributed by atoms with E-state index >= 15 is 0 Å². The third kappa shape index (κ3) is 5.15. The third-order valence-electron chi connectivity index (χ3n) is 4.47. The fraction of sp³-hybridized carbons (Fsp3) is 0.381. The van der Waals surface area contributed by atoms with Gasteiger partial charge in [-0.15, -0.1) is 22.0 Å². The fourth-order valence-electron chi connectivity index (χ4n) is 3.03. The molecule has 1 atom stereocenters. The van der Waals surface area contributed by atoms with E-state index in [4.69, 9.17) is 5.73 Å². The first-order valence-electron chi connectivity index (χ1n) is 9.76. The number of hydrogen-bond acceptors (Lipinski definition) is 6. The van der Waals surface area contributed by atoms with Crippen molar-refractivity contribution >= 4 is 28.2 Å². The number of thioether (sulfide) groups is 1. The summed E-state index contributed by atoms with van der Waals surface area (Å²) >= 11 is 1.56. The molecule has 2 N–H and O–H groups in total. The van der Waals surface area contributed by atoms with Gasteiger partial charge in [-0.05, 0) is 24.3 Å². The van der Waals surface area contributed by atoms with E-state index in [0.29, 0.717) is 27.7 Å². The molecule has 0 saturated heterocycles. The van der Waals surface area contributed by atoms with Crippen molar-refractivity contribution in [3.8, 4) is 22.9 Å². The van der Waals surface area contributed by atoms with E-state index in [1.807, 2.05) is 6.07 Å². The fourth-order valence-corrected chi connectivity index (χ4v) is 5.01. The van der Waals surface area contributed by atoms with Crippen LogP contribution in [0.3, 0.4) is 0 Å². The highest BCUT2D eigenvalue weighted by molar-refractivity contribution is 8.00. The summed E-state index contributed by atoms with van der Waals surface area (Å²) in [6.07, 6.45) is -3.41. The van der Waals surface area contributed by atoms with Gasteiger partial charge in [0, 0.05) is 39.9 Å². The average molecular weight is 484 g/mol. The Morgan fingerprint density at radius 2 is 1.78 bits per heavy atom. The van der Waals surface area contributed by atoms with E-state index < -0.39 is 22.5 Å². The second-order valence-corrected chi connectivity index (χ2v) is 11.6. The highest BCUT2D eigenvalue weighted by atomic mass is 32.2. The van der Waals surface area contributed by atoms with Gasteiger partial charge in [-0.25, -0.2) is 0 Å². The molecular weight excluding hydrogens is 459 g/mol. The maximum absolute atomic E-state index is 13.1. The third-order valence-corrected chi connectivity index (χ3v) is 7.01. The molecule has 0 fully saturated rings. The number of anilines is 1. The van der Waals surface area contributed by atoms with E-state index in [1.165, 1.54) is 0 Å². The van der Waals surface area contributed by atoms with Crippen LogP contribution in [0.25, 0.3) is 22.9 Å². The average Bonchev–Trinajstić information content (AvgIpc) is 3.08. The van der Waals surface area contributed by atoms with Crippen molar-refractivity contribution in [2.24, 2.45) is 7.05 Å². The molecule has 0 spiro atoms. The number of benzene rings is 1. The molecule has 0 amide bonds. The number of nitrogen functional groups attached to an aromatic ring is 1. The largest absolute Gasteiger partial charge is 0.416 e. The molecule has 1 aromatic carbocycles. The van der Waals surface area contributed by atoms with Gasteiger partial charge in [0.1, 0.15) is 5.69 Å². The highest BCUT2D eigenvalue weighted by Gasteiger charge is 2.31. The molecule has 0 aliphatic carbocycles. The zero-order valence-electron chi connectivity index (χ0n) is 18.3. The second kappa shape index (κ2) is 8.86. The number of aromatic nitrogens is 4. The summed E-state index contributed by atoms with van der Waals surface area (Å²) in [6, 6.07) is 5.34. The summed E-state index contributed by atoms with van der Waals surface area (Å²) in [7, 11) is 0.299. The first kappa shape index (κ1) is 24.2. The van der Waals surface area contributed by atoms with Crippen molar-refractivity contribution in [2.45, 2.75) is 48.4 Å². The van der Waals surface area contributed by atoms with Crippen molar-refractivity contribution < 1.29 is 17.4 Å². The molecule has 1 unspecified atom stereocenters. The lowest BCUT2D eigenvalue weighted by molar-refractivity contribution is -0.137. The zero-order valence-corrected chi connectivity index (χ0v) is 20.0. The summed E-state index contributed by atoms with van der Waals surface area (Å²) in [5.74, 6) is 0.908. The molecular formula is C21H24F3N5OS2. The number of rotatable bonds is 5. The maximum atomic E-state index is 13.1. The lowest BCUT2D eigenvalue weighted by Gasteiger charge is -2.20. The molecule has 0 aliphatic rings. The molecule has 172 valence electrons. The highest BCUT2D eigenvalue weighted by Crippen LogP contribution is 2.40. The Morgan fingerprint density at radius 3 is 2.38 bits per heavy atom. The topological polar surface area (TPSA) is 86.7 Å². The standard InChI is InChI=1S/C21H24F3N5OS2/c1-6-32(30)17-11-14(25)16(31-20(2,3)4)10-13(17)18-27-28-19(29(18)5)15-9-12(7-8-26-15)21(22,23)24/h7-11H,6,25H2,1-5H3. The molecule has 11 heteroatoms. The minimum atomic E-state index is -4.50. The van der Waals surface area contributed by atoms with E-state index in [1.54, 1.807) is 36.4 Å². The van der Waals surface area contributed by atoms with Gasteiger partial charge in [-0.1, -0.05) is 27.7 Å². The van der Waals surface area contributed by atoms with Crippen LogP contribution in [-0.4, -0.2) is 34.5 Å². The molecule has 3 rings (SSSR count). The van der Waals surface area contributed by atoms with Gasteiger partial charge in [0.2, 0.25) is 0 Å². The smallest absolute Gasteiger partial charge is 0.398 e. The molecule has 0 saturated carbocycles. The minimum absolute atomic E-state index is 0.0407. The quantitative estimate of drug-likeness (QED) is 0.398. The molecule has 0 aliphatic heterocycles. The number of hydrogen-bond donors (Lipinski definition) is 1. The Balaban J connectivity index is 2.17. The molecule has 0 radical (unpaired) electrons. The van der Waals surface area contributed by atoms with Crippen LogP contribution < -0.4 is 5.73 Å². The van der Waals surface area contributed by atoms with Crippen LogP contribution in [0.4, 0.5) is 18.9 Å². The van der Waals surface area contributed by atoms with E-state index in [-0.39, 0.29) is 16.3 Å².